The quantitative estimate of drug-likeness (QED) is 0.686. The fraction of sp³-hybridized carbons (Fsp3) is 0.333. The first-order chi connectivity index (χ1) is 6.15. The van der Waals surface area contributed by atoms with Crippen LogP contribution in [0.3, 0.4) is 0 Å². The largest absolute Gasteiger partial charge is 0.497 e. The number of hydrogen-bond donors (Lipinski definition) is 0. The highest BCUT2D eigenvalue weighted by Gasteiger charge is 2.03. The number of allylic oxidation sites excluding steroid dienone is 1. The van der Waals surface area contributed by atoms with Crippen molar-refractivity contribution in [2.24, 2.45) is 5.92 Å². The van der Waals surface area contributed by atoms with Crippen molar-refractivity contribution in [3.05, 3.63) is 36.4 Å². The summed E-state index contributed by atoms with van der Waals surface area (Å²) in [5.41, 5.74) is 2.31. The molecule has 0 aliphatic heterocycles. The van der Waals surface area contributed by atoms with Crippen LogP contribution in [0.1, 0.15) is 19.4 Å². The second kappa shape index (κ2) is 4.13. The molecule has 0 atom stereocenters. The molecule has 0 heterocycles. The van der Waals surface area contributed by atoms with Gasteiger partial charge in [0.1, 0.15) is 5.75 Å². The lowest BCUT2D eigenvalue weighted by Crippen LogP contribution is -1.92. The molecular weight excluding hydrogens is 160 g/mol. The standard InChI is InChI=1S/C12H16O/c1-9(2)10(3)11-6-5-7-12(8-11)13-4/h5-9H,3H2,1-2,4H3. The van der Waals surface area contributed by atoms with Crippen LogP contribution in [-0.4, -0.2) is 7.11 Å². The summed E-state index contributed by atoms with van der Waals surface area (Å²) in [6.45, 7) is 8.33. The third-order valence-corrected chi connectivity index (χ3v) is 2.14. The van der Waals surface area contributed by atoms with Crippen molar-refractivity contribution in [3.63, 3.8) is 0 Å². The van der Waals surface area contributed by atoms with Gasteiger partial charge < -0.3 is 4.74 Å². The molecule has 0 aromatic heterocycles. The molecule has 0 radical (unpaired) electrons. The van der Waals surface area contributed by atoms with Crippen molar-refractivity contribution in [2.75, 3.05) is 7.11 Å². The highest BCUT2D eigenvalue weighted by Crippen LogP contribution is 2.23. The summed E-state index contributed by atoms with van der Waals surface area (Å²) in [6.07, 6.45) is 0. The van der Waals surface area contributed by atoms with E-state index in [4.69, 9.17) is 4.74 Å². The molecule has 0 amide bonds. The van der Waals surface area contributed by atoms with E-state index in [-0.39, 0.29) is 0 Å². The maximum Gasteiger partial charge on any atom is 0.119 e. The number of hydrogen-bond acceptors (Lipinski definition) is 1. The normalized spacial score (nSPS) is 10.2. The molecule has 0 aliphatic carbocycles. The summed E-state index contributed by atoms with van der Waals surface area (Å²) in [6, 6.07) is 8.01. The Balaban J connectivity index is 2.95. The van der Waals surface area contributed by atoms with Crippen LogP contribution in [0.4, 0.5) is 0 Å². The number of benzene rings is 1. The van der Waals surface area contributed by atoms with Crippen molar-refractivity contribution < 1.29 is 4.74 Å². The zero-order valence-electron chi connectivity index (χ0n) is 8.50. The molecule has 1 nitrogen and oxygen atoms in total. The van der Waals surface area contributed by atoms with Gasteiger partial charge in [-0.3, -0.25) is 0 Å². The predicted octanol–water partition coefficient (Wildman–Crippen LogP) is 3.36. The van der Waals surface area contributed by atoms with E-state index < -0.39 is 0 Å². The van der Waals surface area contributed by atoms with Crippen molar-refractivity contribution in [1.82, 2.24) is 0 Å². The summed E-state index contributed by atoms with van der Waals surface area (Å²) in [5, 5.41) is 0. The highest BCUT2D eigenvalue weighted by molar-refractivity contribution is 5.65. The molecular formula is C12H16O. The van der Waals surface area contributed by atoms with Crippen LogP contribution >= 0.6 is 0 Å². The first-order valence-electron chi connectivity index (χ1n) is 4.48. The molecule has 70 valence electrons. The Bertz CT molecular complexity index is 300. The van der Waals surface area contributed by atoms with E-state index in [0.29, 0.717) is 5.92 Å². The molecule has 0 spiro atoms. The van der Waals surface area contributed by atoms with Gasteiger partial charge in [-0.25, -0.2) is 0 Å². The van der Waals surface area contributed by atoms with Gasteiger partial charge in [-0.05, 0) is 29.2 Å². The van der Waals surface area contributed by atoms with Crippen LogP contribution < -0.4 is 4.74 Å². The summed E-state index contributed by atoms with van der Waals surface area (Å²) >= 11 is 0. The Morgan fingerprint density at radius 2 is 2.08 bits per heavy atom. The molecule has 0 bridgehead atoms. The van der Waals surface area contributed by atoms with Crippen LogP contribution in [-0.2, 0) is 0 Å². The van der Waals surface area contributed by atoms with E-state index in [1.54, 1.807) is 7.11 Å². The van der Waals surface area contributed by atoms with Crippen LogP contribution in [0.25, 0.3) is 5.57 Å². The average molecular weight is 176 g/mol. The van der Waals surface area contributed by atoms with Gasteiger partial charge in [0.2, 0.25) is 0 Å². The monoisotopic (exact) mass is 176 g/mol. The van der Waals surface area contributed by atoms with E-state index in [2.05, 4.69) is 26.5 Å². The lowest BCUT2D eigenvalue weighted by molar-refractivity contribution is 0.414. The minimum absolute atomic E-state index is 0.479. The van der Waals surface area contributed by atoms with Crippen LogP contribution in [0.5, 0.6) is 5.75 Å². The molecule has 0 fully saturated rings. The van der Waals surface area contributed by atoms with E-state index >= 15 is 0 Å². The molecule has 1 heteroatoms. The van der Waals surface area contributed by atoms with Crippen LogP contribution in [0.2, 0.25) is 0 Å². The molecule has 0 saturated heterocycles. The minimum Gasteiger partial charge on any atom is -0.497 e. The Morgan fingerprint density at radius 1 is 1.38 bits per heavy atom. The van der Waals surface area contributed by atoms with Gasteiger partial charge in [-0.1, -0.05) is 32.6 Å². The van der Waals surface area contributed by atoms with Crippen molar-refractivity contribution >= 4 is 5.57 Å². The summed E-state index contributed by atoms with van der Waals surface area (Å²) in [4.78, 5) is 0. The zero-order chi connectivity index (χ0) is 9.84. The number of methoxy groups -OCH3 is 1. The molecule has 13 heavy (non-hydrogen) atoms. The van der Waals surface area contributed by atoms with E-state index in [1.165, 1.54) is 0 Å². The number of ether oxygens (including phenoxy) is 1. The van der Waals surface area contributed by atoms with Gasteiger partial charge in [0.25, 0.3) is 0 Å². The fourth-order valence-corrected chi connectivity index (χ4v) is 1.16. The van der Waals surface area contributed by atoms with Crippen molar-refractivity contribution in [3.8, 4) is 5.75 Å². The minimum atomic E-state index is 0.479. The highest BCUT2D eigenvalue weighted by atomic mass is 16.5. The van der Waals surface area contributed by atoms with Gasteiger partial charge in [0.15, 0.2) is 0 Å². The Kier molecular flexibility index (Phi) is 3.13. The molecule has 0 aliphatic rings. The predicted molar refractivity (Wildman–Crippen MR) is 56.9 cm³/mol. The first kappa shape index (κ1) is 9.85. The van der Waals surface area contributed by atoms with Gasteiger partial charge in [-0.15, -0.1) is 0 Å². The Morgan fingerprint density at radius 3 is 2.62 bits per heavy atom. The third-order valence-electron chi connectivity index (χ3n) is 2.14. The Labute approximate surface area is 80.0 Å². The van der Waals surface area contributed by atoms with E-state index in [9.17, 15) is 0 Å². The first-order valence-corrected chi connectivity index (χ1v) is 4.48. The van der Waals surface area contributed by atoms with Gasteiger partial charge >= 0.3 is 0 Å². The van der Waals surface area contributed by atoms with Crippen molar-refractivity contribution in [1.29, 1.82) is 0 Å². The molecule has 0 saturated carbocycles. The van der Waals surface area contributed by atoms with E-state index in [1.807, 2.05) is 18.2 Å². The Hall–Kier alpha value is -1.24. The molecule has 1 aromatic rings. The average Bonchev–Trinajstić information content (AvgIpc) is 2.16. The summed E-state index contributed by atoms with van der Waals surface area (Å²) in [7, 11) is 1.68. The maximum absolute atomic E-state index is 5.14. The maximum atomic E-state index is 5.14. The summed E-state index contributed by atoms with van der Waals surface area (Å²) < 4.78 is 5.14. The molecule has 0 N–H and O–H groups in total. The van der Waals surface area contributed by atoms with Crippen LogP contribution in [0.15, 0.2) is 30.8 Å². The molecule has 0 unspecified atom stereocenters. The van der Waals surface area contributed by atoms with Gasteiger partial charge in [0.05, 0.1) is 7.11 Å². The SMILES string of the molecule is C=C(c1cccc(OC)c1)C(C)C. The lowest BCUT2D eigenvalue weighted by atomic mass is 9.97. The zero-order valence-corrected chi connectivity index (χ0v) is 8.50. The van der Waals surface area contributed by atoms with Crippen LogP contribution in [0, 0.1) is 5.92 Å². The van der Waals surface area contributed by atoms with E-state index in [0.717, 1.165) is 16.9 Å². The third kappa shape index (κ3) is 2.35. The number of rotatable bonds is 3. The van der Waals surface area contributed by atoms with Crippen molar-refractivity contribution in [2.45, 2.75) is 13.8 Å². The lowest BCUT2D eigenvalue weighted by Gasteiger charge is -2.10. The second-order valence-electron chi connectivity index (χ2n) is 3.41. The topological polar surface area (TPSA) is 9.23 Å². The van der Waals surface area contributed by atoms with Gasteiger partial charge in [0, 0.05) is 0 Å². The fourth-order valence-electron chi connectivity index (χ4n) is 1.16. The molecule has 1 rings (SSSR count). The van der Waals surface area contributed by atoms with Gasteiger partial charge in [-0.2, -0.15) is 0 Å². The second-order valence-corrected chi connectivity index (χ2v) is 3.41. The smallest absolute Gasteiger partial charge is 0.119 e. The molecule has 1 aromatic carbocycles. The summed E-state index contributed by atoms with van der Waals surface area (Å²) in [5.74, 6) is 1.37.